The minimum Gasteiger partial charge on any atom is -0.383 e. The zero-order chi connectivity index (χ0) is 20.6. The van der Waals surface area contributed by atoms with Gasteiger partial charge in [0.25, 0.3) is 11.5 Å². The Labute approximate surface area is 171 Å². The summed E-state index contributed by atoms with van der Waals surface area (Å²) in [4.78, 5) is 26.7. The molecule has 2 aromatic rings. The Bertz CT molecular complexity index is 863. The number of benzene rings is 1. The molecule has 0 saturated carbocycles. The Morgan fingerprint density at radius 1 is 1.21 bits per heavy atom. The molecular weight excluding hydrogens is 368 g/mol. The Kier molecular flexibility index (Phi) is 7.55. The average molecular weight is 399 g/mol. The lowest BCUT2D eigenvalue weighted by atomic mass is 9.99. The third-order valence-corrected chi connectivity index (χ3v) is 5.23. The van der Waals surface area contributed by atoms with E-state index in [1.54, 1.807) is 7.11 Å². The zero-order valence-corrected chi connectivity index (χ0v) is 17.3. The van der Waals surface area contributed by atoms with Crippen molar-refractivity contribution in [2.24, 2.45) is 5.92 Å². The fraction of sp³-hybridized carbons (Fsp3) is 0.500. The number of nitrogens with one attached hydrogen (secondary N) is 1. The molecule has 0 aliphatic carbocycles. The molecule has 7 nitrogen and oxygen atoms in total. The maximum atomic E-state index is 12.4. The molecule has 0 radical (unpaired) electrons. The van der Waals surface area contributed by atoms with E-state index in [0.29, 0.717) is 19.7 Å². The number of hydrogen-bond acceptors (Lipinski definition) is 5. The molecule has 0 unspecified atom stereocenters. The van der Waals surface area contributed by atoms with E-state index in [2.05, 4.69) is 46.5 Å². The standard InChI is InChI=1S/C22H30N4O3/c1-17-4-3-11-25(15-17)16-19-7-5-18(6-8-19)14-23-22(28)20-9-10-21(27)26(24-20)12-13-29-2/h5-10,17H,3-4,11-16H2,1-2H3,(H,23,28)/t17-/m1/s1. The van der Waals surface area contributed by atoms with Crippen LogP contribution in [0.2, 0.25) is 0 Å². The summed E-state index contributed by atoms with van der Waals surface area (Å²) >= 11 is 0. The summed E-state index contributed by atoms with van der Waals surface area (Å²) in [5.74, 6) is 0.471. The third-order valence-electron chi connectivity index (χ3n) is 5.23. The number of ether oxygens (including phenoxy) is 1. The van der Waals surface area contributed by atoms with Gasteiger partial charge in [0.05, 0.1) is 13.2 Å². The first-order valence-electron chi connectivity index (χ1n) is 10.2. The maximum absolute atomic E-state index is 12.4. The zero-order valence-electron chi connectivity index (χ0n) is 17.3. The predicted molar refractivity (Wildman–Crippen MR) is 112 cm³/mol. The molecule has 7 heteroatoms. The molecule has 1 aromatic carbocycles. The fourth-order valence-electron chi connectivity index (χ4n) is 3.63. The molecule has 1 atom stereocenters. The van der Waals surface area contributed by atoms with Crippen molar-refractivity contribution in [1.29, 1.82) is 0 Å². The molecule has 1 amide bonds. The summed E-state index contributed by atoms with van der Waals surface area (Å²) in [5, 5.41) is 6.98. The van der Waals surface area contributed by atoms with E-state index < -0.39 is 0 Å². The highest BCUT2D eigenvalue weighted by Gasteiger charge is 2.16. The number of aromatic nitrogens is 2. The highest BCUT2D eigenvalue weighted by molar-refractivity contribution is 5.91. The molecule has 1 saturated heterocycles. The van der Waals surface area contributed by atoms with Gasteiger partial charge < -0.3 is 10.1 Å². The van der Waals surface area contributed by atoms with Gasteiger partial charge in [-0.1, -0.05) is 31.2 Å². The number of amides is 1. The van der Waals surface area contributed by atoms with Gasteiger partial charge in [0.1, 0.15) is 5.69 Å². The van der Waals surface area contributed by atoms with Crippen molar-refractivity contribution in [3.8, 4) is 0 Å². The number of hydrogen-bond donors (Lipinski definition) is 1. The van der Waals surface area contributed by atoms with Gasteiger partial charge in [-0.15, -0.1) is 0 Å². The fourth-order valence-corrected chi connectivity index (χ4v) is 3.63. The van der Waals surface area contributed by atoms with E-state index >= 15 is 0 Å². The summed E-state index contributed by atoms with van der Waals surface area (Å²) in [6.07, 6.45) is 2.60. The van der Waals surface area contributed by atoms with Crippen LogP contribution in [-0.4, -0.2) is 47.4 Å². The Balaban J connectivity index is 1.53. The summed E-state index contributed by atoms with van der Waals surface area (Å²) in [7, 11) is 1.56. The number of likely N-dealkylation sites (tertiary alicyclic amines) is 1. The lowest BCUT2D eigenvalue weighted by molar-refractivity contribution is 0.0942. The predicted octanol–water partition coefficient (Wildman–Crippen LogP) is 2.05. The van der Waals surface area contributed by atoms with Crippen LogP contribution in [0, 0.1) is 5.92 Å². The summed E-state index contributed by atoms with van der Waals surface area (Å²) in [6, 6.07) is 11.2. The van der Waals surface area contributed by atoms with Crippen LogP contribution >= 0.6 is 0 Å². The number of carbonyl (C=O) groups excluding carboxylic acids is 1. The van der Waals surface area contributed by atoms with Gasteiger partial charge >= 0.3 is 0 Å². The molecule has 1 aliphatic heterocycles. The topological polar surface area (TPSA) is 76.5 Å². The highest BCUT2D eigenvalue weighted by Crippen LogP contribution is 2.18. The second-order valence-corrected chi connectivity index (χ2v) is 7.75. The minimum atomic E-state index is -0.303. The van der Waals surface area contributed by atoms with Crippen LogP contribution in [0.1, 0.15) is 41.4 Å². The van der Waals surface area contributed by atoms with Gasteiger partial charge in [-0.25, -0.2) is 4.68 Å². The number of piperidine rings is 1. The molecule has 1 aliphatic rings. The average Bonchev–Trinajstić information content (AvgIpc) is 2.72. The second kappa shape index (κ2) is 10.3. The van der Waals surface area contributed by atoms with Crippen LogP contribution in [0.4, 0.5) is 0 Å². The van der Waals surface area contributed by atoms with E-state index in [4.69, 9.17) is 4.74 Å². The molecule has 156 valence electrons. The molecule has 29 heavy (non-hydrogen) atoms. The van der Waals surface area contributed by atoms with Crippen molar-refractivity contribution in [3.63, 3.8) is 0 Å². The van der Waals surface area contributed by atoms with Crippen molar-refractivity contribution in [2.75, 3.05) is 26.8 Å². The lowest BCUT2D eigenvalue weighted by Gasteiger charge is -2.30. The van der Waals surface area contributed by atoms with Crippen LogP contribution in [0.5, 0.6) is 0 Å². The first-order valence-corrected chi connectivity index (χ1v) is 10.2. The van der Waals surface area contributed by atoms with Crippen LogP contribution in [-0.2, 0) is 24.4 Å². The van der Waals surface area contributed by atoms with Crippen molar-refractivity contribution >= 4 is 5.91 Å². The number of methoxy groups -OCH3 is 1. The second-order valence-electron chi connectivity index (χ2n) is 7.75. The minimum absolute atomic E-state index is 0.219. The van der Waals surface area contributed by atoms with E-state index in [0.717, 1.165) is 24.6 Å². The number of rotatable bonds is 8. The highest BCUT2D eigenvalue weighted by atomic mass is 16.5. The molecule has 0 spiro atoms. The smallest absolute Gasteiger partial charge is 0.271 e. The van der Waals surface area contributed by atoms with E-state index in [9.17, 15) is 9.59 Å². The Hall–Kier alpha value is -2.51. The van der Waals surface area contributed by atoms with Gasteiger partial charge in [0.15, 0.2) is 0 Å². The number of carbonyl (C=O) groups is 1. The third kappa shape index (κ3) is 6.24. The maximum Gasteiger partial charge on any atom is 0.271 e. The van der Waals surface area contributed by atoms with Gasteiger partial charge in [-0.3, -0.25) is 14.5 Å². The normalized spacial score (nSPS) is 17.2. The van der Waals surface area contributed by atoms with Crippen LogP contribution < -0.4 is 10.9 Å². The van der Waals surface area contributed by atoms with Gasteiger partial charge in [0, 0.05) is 32.8 Å². The van der Waals surface area contributed by atoms with Crippen LogP contribution in [0.15, 0.2) is 41.2 Å². The van der Waals surface area contributed by atoms with Gasteiger partial charge in [-0.2, -0.15) is 5.10 Å². The van der Waals surface area contributed by atoms with Gasteiger partial charge in [-0.05, 0) is 42.5 Å². The van der Waals surface area contributed by atoms with E-state index in [-0.39, 0.29) is 17.2 Å². The van der Waals surface area contributed by atoms with Crippen molar-refractivity contribution in [2.45, 2.75) is 39.4 Å². The summed E-state index contributed by atoms with van der Waals surface area (Å²) in [5.41, 5.74) is 2.29. The Morgan fingerprint density at radius 2 is 1.97 bits per heavy atom. The largest absolute Gasteiger partial charge is 0.383 e. The monoisotopic (exact) mass is 398 g/mol. The van der Waals surface area contributed by atoms with Crippen molar-refractivity contribution in [3.05, 3.63) is 63.6 Å². The van der Waals surface area contributed by atoms with Crippen molar-refractivity contribution < 1.29 is 9.53 Å². The molecule has 2 heterocycles. The summed E-state index contributed by atoms with van der Waals surface area (Å²) < 4.78 is 6.21. The van der Waals surface area contributed by atoms with E-state index in [1.165, 1.54) is 41.8 Å². The van der Waals surface area contributed by atoms with Gasteiger partial charge in [0.2, 0.25) is 0 Å². The molecule has 0 bridgehead atoms. The first-order chi connectivity index (χ1) is 14.0. The Morgan fingerprint density at radius 3 is 2.69 bits per heavy atom. The molecule has 1 aromatic heterocycles. The first kappa shape index (κ1) is 21.2. The SMILES string of the molecule is COCCn1nc(C(=O)NCc2ccc(CN3CCC[C@@H](C)C3)cc2)ccc1=O. The molecular formula is C22H30N4O3. The van der Waals surface area contributed by atoms with E-state index in [1.807, 2.05) is 0 Å². The summed E-state index contributed by atoms with van der Waals surface area (Å²) in [6.45, 7) is 6.71. The lowest BCUT2D eigenvalue weighted by Crippen LogP contribution is -2.33. The molecule has 3 rings (SSSR count). The van der Waals surface area contributed by atoms with Crippen molar-refractivity contribution in [1.82, 2.24) is 20.0 Å². The van der Waals surface area contributed by atoms with Crippen LogP contribution in [0.25, 0.3) is 0 Å². The molecule has 1 fully saturated rings. The number of nitrogens with zero attached hydrogens (tertiary/aromatic N) is 3. The van der Waals surface area contributed by atoms with Crippen LogP contribution in [0.3, 0.4) is 0 Å². The quantitative estimate of drug-likeness (QED) is 0.737. The molecule has 1 N–H and O–H groups in total.